The molecule has 3 aromatic rings. The zero-order valence-corrected chi connectivity index (χ0v) is 13.3. The van der Waals surface area contributed by atoms with Crippen LogP contribution in [0.15, 0.2) is 42.6 Å². The molecule has 0 fully saturated rings. The van der Waals surface area contributed by atoms with E-state index in [9.17, 15) is 14.0 Å². The Hall–Kier alpha value is -3.29. The zero-order valence-electron chi connectivity index (χ0n) is 13.3. The topological polar surface area (TPSA) is 96.6 Å². The Balaban J connectivity index is 1.93. The number of rotatable bonds is 5. The number of halogens is 1. The first-order chi connectivity index (χ1) is 12.0. The van der Waals surface area contributed by atoms with Crippen molar-refractivity contribution < 1.29 is 19.1 Å². The molecule has 1 amide bonds. The molecule has 7 nitrogen and oxygen atoms in total. The van der Waals surface area contributed by atoms with Gasteiger partial charge in [0.1, 0.15) is 11.3 Å². The monoisotopic (exact) mass is 342 g/mol. The van der Waals surface area contributed by atoms with Crippen LogP contribution < -0.4 is 5.32 Å². The Morgan fingerprint density at radius 2 is 2.00 bits per heavy atom. The van der Waals surface area contributed by atoms with E-state index in [0.717, 1.165) is 0 Å². The number of hydrogen-bond donors (Lipinski definition) is 2. The Kier molecular flexibility index (Phi) is 4.42. The molecule has 0 aliphatic heterocycles. The maximum Gasteiger partial charge on any atom is 0.305 e. The number of aryl methyl sites for hydroxylation is 1. The van der Waals surface area contributed by atoms with Crippen molar-refractivity contribution in [2.24, 2.45) is 0 Å². The summed E-state index contributed by atoms with van der Waals surface area (Å²) in [5.41, 5.74) is 1.82. The van der Waals surface area contributed by atoms with Crippen LogP contribution in [0.25, 0.3) is 5.52 Å². The number of nitrogens with one attached hydrogen (secondary N) is 1. The lowest BCUT2D eigenvalue weighted by Gasteiger charge is -2.17. The summed E-state index contributed by atoms with van der Waals surface area (Å²) < 4.78 is 14.4. The molecule has 1 atom stereocenters. The van der Waals surface area contributed by atoms with Gasteiger partial charge in [0, 0.05) is 6.20 Å². The van der Waals surface area contributed by atoms with Crippen molar-refractivity contribution in [3.63, 3.8) is 0 Å². The normalized spacial score (nSPS) is 12.1. The smallest absolute Gasteiger partial charge is 0.305 e. The minimum absolute atomic E-state index is 0.325. The highest BCUT2D eigenvalue weighted by Crippen LogP contribution is 2.20. The average molecular weight is 342 g/mol. The average Bonchev–Trinajstić information content (AvgIpc) is 2.90. The van der Waals surface area contributed by atoms with Crippen LogP contribution in [0.5, 0.6) is 0 Å². The van der Waals surface area contributed by atoms with E-state index in [2.05, 4.69) is 15.5 Å². The number of carbonyl (C=O) groups is 2. The highest BCUT2D eigenvalue weighted by Gasteiger charge is 2.23. The van der Waals surface area contributed by atoms with Crippen molar-refractivity contribution in [2.75, 3.05) is 0 Å². The molecule has 3 rings (SSSR count). The van der Waals surface area contributed by atoms with Crippen LogP contribution in [0.2, 0.25) is 0 Å². The molecule has 0 aliphatic carbocycles. The maximum absolute atomic E-state index is 13.1. The van der Waals surface area contributed by atoms with Gasteiger partial charge in [-0.15, -0.1) is 0 Å². The summed E-state index contributed by atoms with van der Waals surface area (Å²) in [5.74, 6) is -1.97. The summed E-state index contributed by atoms with van der Waals surface area (Å²) >= 11 is 0. The largest absolute Gasteiger partial charge is 0.481 e. The molecule has 8 heteroatoms. The lowest BCUT2D eigenvalue weighted by Crippen LogP contribution is -2.30. The fraction of sp³-hybridized carbons (Fsp3) is 0.176. The predicted molar refractivity (Wildman–Crippen MR) is 86.6 cm³/mol. The van der Waals surface area contributed by atoms with Gasteiger partial charge in [0.25, 0.3) is 5.91 Å². The van der Waals surface area contributed by atoms with E-state index in [1.165, 1.54) is 28.9 Å². The van der Waals surface area contributed by atoms with Crippen LogP contribution in [0.3, 0.4) is 0 Å². The van der Waals surface area contributed by atoms with Gasteiger partial charge in [-0.05, 0) is 36.8 Å². The molecular weight excluding hydrogens is 327 g/mol. The van der Waals surface area contributed by atoms with Crippen molar-refractivity contribution in [3.8, 4) is 0 Å². The summed E-state index contributed by atoms with van der Waals surface area (Å²) in [5, 5.41) is 20.0. The molecular formula is C17H15FN4O3. The van der Waals surface area contributed by atoms with Crippen LogP contribution in [0.4, 0.5) is 4.39 Å². The highest BCUT2D eigenvalue weighted by molar-refractivity contribution is 6.02. The summed E-state index contributed by atoms with van der Waals surface area (Å²) in [4.78, 5) is 23.9. The van der Waals surface area contributed by atoms with Gasteiger partial charge in [-0.3, -0.25) is 9.59 Å². The van der Waals surface area contributed by atoms with E-state index in [1.54, 1.807) is 25.3 Å². The third-order valence-corrected chi connectivity index (χ3v) is 3.78. The second-order valence-electron chi connectivity index (χ2n) is 5.53. The van der Waals surface area contributed by atoms with Crippen molar-refractivity contribution in [3.05, 3.63) is 65.2 Å². The summed E-state index contributed by atoms with van der Waals surface area (Å²) in [6.07, 6.45) is 1.22. The van der Waals surface area contributed by atoms with E-state index in [1.807, 2.05) is 0 Å². The van der Waals surface area contributed by atoms with Gasteiger partial charge in [-0.2, -0.15) is 14.8 Å². The van der Waals surface area contributed by atoms with E-state index in [4.69, 9.17) is 5.11 Å². The van der Waals surface area contributed by atoms with Crippen molar-refractivity contribution >= 4 is 17.4 Å². The number of aliphatic carboxylic acids is 1. The zero-order chi connectivity index (χ0) is 18.0. The number of carboxylic acids is 1. The first-order valence-electron chi connectivity index (χ1n) is 7.54. The van der Waals surface area contributed by atoms with E-state index >= 15 is 0 Å². The number of aromatic nitrogens is 3. The molecule has 0 aliphatic rings. The number of nitrogens with zero attached hydrogens (tertiary/aromatic N) is 3. The standard InChI is InChI=1S/C17H15FN4O3/c1-10-16(14-3-2-8-19-22(14)21-10)17(25)20-13(9-15(23)24)11-4-6-12(18)7-5-11/h2-8,13H,9H2,1H3,(H,20,25)(H,23,24). The summed E-state index contributed by atoms with van der Waals surface area (Å²) in [6.45, 7) is 1.67. The third kappa shape index (κ3) is 3.47. The molecule has 0 spiro atoms. The van der Waals surface area contributed by atoms with Gasteiger partial charge in [0.05, 0.1) is 23.7 Å². The third-order valence-electron chi connectivity index (χ3n) is 3.78. The summed E-state index contributed by atoms with van der Waals surface area (Å²) in [7, 11) is 0. The first-order valence-corrected chi connectivity index (χ1v) is 7.54. The molecule has 128 valence electrons. The molecule has 0 saturated heterocycles. The second kappa shape index (κ2) is 6.68. The Morgan fingerprint density at radius 1 is 1.28 bits per heavy atom. The fourth-order valence-electron chi connectivity index (χ4n) is 2.64. The molecule has 1 unspecified atom stereocenters. The Labute approximate surface area is 142 Å². The first kappa shape index (κ1) is 16.6. The van der Waals surface area contributed by atoms with Crippen LogP contribution in [0.1, 0.15) is 34.1 Å². The molecule has 2 aromatic heterocycles. The van der Waals surface area contributed by atoms with Crippen LogP contribution in [0, 0.1) is 12.7 Å². The highest BCUT2D eigenvalue weighted by atomic mass is 19.1. The molecule has 1 aromatic carbocycles. The molecule has 2 heterocycles. The Bertz CT molecular complexity index is 937. The number of carboxylic acid groups (broad SMARTS) is 1. The molecule has 0 radical (unpaired) electrons. The molecule has 25 heavy (non-hydrogen) atoms. The van der Waals surface area contributed by atoms with E-state index in [0.29, 0.717) is 22.3 Å². The summed E-state index contributed by atoms with van der Waals surface area (Å²) in [6, 6.07) is 7.94. The van der Waals surface area contributed by atoms with Gasteiger partial charge < -0.3 is 10.4 Å². The maximum atomic E-state index is 13.1. The quantitative estimate of drug-likeness (QED) is 0.740. The predicted octanol–water partition coefficient (Wildman–Crippen LogP) is 2.12. The van der Waals surface area contributed by atoms with Gasteiger partial charge >= 0.3 is 5.97 Å². The lowest BCUT2D eigenvalue weighted by atomic mass is 10.0. The van der Waals surface area contributed by atoms with E-state index < -0.39 is 23.7 Å². The minimum atomic E-state index is -1.08. The van der Waals surface area contributed by atoms with Crippen LogP contribution in [-0.4, -0.2) is 31.8 Å². The van der Waals surface area contributed by atoms with E-state index in [-0.39, 0.29) is 6.42 Å². The van der Waals surface area contributed by atoms with Gasteiger partial charge in [0.2, 0.25) is 0 Å². The minimum Gasteiger partial charge on any atom is -0.481 e. The fourth-order valence-corrected chi connectivity index (χ4v) is 2.64. The number of hydrogen-bond acceptors (Lipinski definition) is 4. The van der Waals surface area contributed by atoms with Crippen molar-refractivity contribution in [1.82, 2.24) is 20.1 Å². The lowest BCUT2D eigenvalue weighted by molar-refractivity contribution is -0.137. The van der Waals surface area contributed by atoms with Gasteiger partial charge in [0.15, 0.2) is 0 Å². The van der Waals surface area contributed by atoms with Crippen LogP contribution >= 0.6 is 0 Å². The second-order valence-corrected chi connectivity index (χ2v) is 5.53. The molecule has 2 N–H and O–H groups in total. The number of fused-ring (bicyclic) bond motifs is 1. The van der Waals surface area contributed by atoms with Crippen molar-refractivity contribution in [1.29, 1.82) is 0 Å². The van der Waals surface area contributed by atoms with Crippen molar-refractivity contribution in [2.45, 2.75) is 19.4 Å². The number of carbonyl (C=O) groups excluding carboxylic acids is 1. The number of benzene rings is 1. The molecule has 0 bridgehead atoms. The Morgan fingerprint density at radius 3 is 2.68 bits per heavy atom. The number of amides is 1. The van der Waals surface area contributed by atoms with Crippen LogP contribution in [-0.2, 0) is 4.79 Å². The van der Waals surface area contributed by atoms with Gasteiger partial charge in [-0.25, -0.2) is 4.39 Å². The SMILES string of the molecule is Cc1nn2ncccc2c1C(=O)NC(CC(=O)O)c1ccc(F)cc1. The van der Waals surface area contributed by atoms with Gasteiger partial charge in [-0.1, -0.05) is 12.1 Å². The molecule has 0 saturated carbocycles.